The average Bonchev–Trinajstić information content (AvgIpc) is 2.84. The Morgan fingerprint density at radius 2 is 1.69 bits per heavy atom. The quantitative estimate of drug-likeness (QED) is 0.269. The number of benzene rings is 3. The lowest BCUT2D eigenvalue weighted by molar-refractivity contribution is -0.116. The van der Waals surface area contributed by atoms with Crippen LogP contribution in [-0.2, 0) is 16.1 Å². The summed E-state index contributed by atoms with van der Waals surface area (Å²) < 4.78 is 5.74. The first-order valence-corrected chi connectivity index (χ1v) is 10.4. The van der Waals surface area contributed by atoms with Crippen molar-refractivity contribution in [2.24, 2.45) is 5.73 Å². The fourth-order valence-electron chi connectivity index (χ4n) is 3.37. The Morgan fingerprint density at radius 3 is 2.31 bits per heavy atom. The van der Waals surface area contributed by atoms with Gasteiger partial charge < -0.3 is 10.5 Å². The molecule has 0 radical (unpaired) electrons. The third-order valence-corrected chi connectivity index (χ3v) is 4.87. The molecule has 4 N–H and O–H groups in total. The summed E-state index contributed by atoms with van der Waals surface area (Å²) in [5.74, 6) is -0.813. The third kappa shape index (κ3) is 5.59. The molecule has 0 aromatic heterocycles. The Labute approximate surface area is 187 Å². The second kappa shape index (κ2) is 11.2. The van der Waals surface area contributed by atoms with Crippen LogP contribution in [0.15, 0.2) is 72.8 Å². The summed E-state index contributed by atoms with van der Waals surface area (Å²) in [5, 5.41) is 8.83. The SMILES string of the molecule is CCCOCc1cc(-c2ccc(C(=O)NO)cc2)cc(N(C(=O)CN)c2ccccc2)c1. The Balaban J connectivity index is 2.07. The first-order valence-electron chi connectivity index (χ1n) is 10.4. The van der Waals surface area contributed by atoms with Gasteiger partial charge in [0.2, 0.25) is 5.91 Å². The highest BCUT2D eigenvalue weighted by Crippen LogP contribution is 2.32. The molecule has 7 nitrogen and oxygen atoms in total. The molecule has 0 spiro atoms. The zero-order chi connectivity index (χ0) is 22.9. The summed E-state index contributed by atoms with van der Waals surface area (Å²) in [5.41, 5.74) is 11.7. The van der Waals surface area contributed by atoms with Gasteiger partial charge in [0.1, 0.15) is 0 Å². The van der Waals surface area contributed by atoms with E-state index < -0.39 is 5.91 Å². The van der Waals surface area contributed by atoms with Gasteiger partial charge in [-0.25, -0.2) is 5.48 Å². The predicted octanol–water partition coefficient (Wildman–Crippen LogP) is 4.02. The molecule has 3 aromatic carbocycles. The first kappa shape index (κ1) is 23.1. The van der Waals surface area contributed by atoms with Gasteiger partial charge in [0, 0.05) is 23.5 Å². The lowest BCUT2D eigenvalue weighted by atomic mass is 10.00. The van der Waals surface area contributed by atoms with E-state index in [4.69, 9.17) is 15.7 Å². The number of para-hydroxylation sites is 1. The molecular weight excluding hydrogens is 406 g/mol. The molecule has 0 saturated carbocycles. The maximum atomic E-state index is 12.8. The van der Waals surface area contributed by atoms with Crippen LogP contribution in [0.4, 0.5) is 11.4 Å². The molecule has 0 unspecified atom stereocenters. The normalized spacial score (nSPS) is 10.6. The van der Waals surface area contributed by atoms with Gasteiger partial charge in [0.25, 0.3) is 5.91 Å². The van der Waals surface area contributed by atoms with E-state index in [2.05, 4.69) is 0 Å². The van der Waals surface area contributed by atoms with Crippen LogP contribution in [0.1, 0.15) is 29.3 Å². The van der Waals surface area contributed by atoms with E-state index >= 15 is 0 Å². The number of hydrogen-bond donors (Lipinski definition) is 3. The molecule has 0 aliphatic heterocycles. The summed E-state index contributed by atoms with van der Waals surface area (Å²) in [6.07, 6.45) is 0.905. The van der Waals surface area contributed by atoms with Crippen LogP contribution in [0.25, 0.3) is 11.1 Å². The number of ether oxygens (including phenoxy) is 1. The number of hydroxylamine groups is 1. The Morgan fingerprint density at radius 1 is 0.969 bits per heavy atom. The minimum absolute atomic E-state index is 0.133. The van der Waals surface area contributed by atoms with Gasteiger partial charge in [-0.3, -0.25) is 19.7 Å². The van der Waals surface area contributed by atoms with Crippen molar-refractivity contribution < 1.29 is 19.5 Å². The number of anilines is 2. The second-order valence-electron chi connectivity index (χ2n) is 7.23. The molecule has 32 heavy (non-hydrogen) atoms. The number of rotatable bonds is 9. The molecule has 7 heteroatoms. The van der Waals surface area contributed by atoms with Crippen LogP contribution in [0.3, 0.4) is 0 Å². The lowest BCUT2D eigenvalue weighted by Crippen LogP contribution is -2.32. The molecule has 0 saturated heterocycles. The van der Waals surface area contributed by atoms with Crippen LogP contribution >= 0.6 is 0 Å². The second-order valence-corrected chi connectivity index (χ2v) is 7.23. The Kier molecular flexibility index (Phi) is 8.10. The van der Waals surface area contributed by atoms with Gasteiger partial charge in [-0.05, 0) is 65.6 Å². The molecule has 0 aliphatic carbocycles. The number of carbonyl (C=O) groups is 2. The van der Waals surface area contributed by atoms with Gasteiger partial charge in [-0.2, -0.15) is 0 Å². The Bertz CT molecular complexity index is 1050. The summed E-state index contributed by atoms with van der Waals surface area (Å²) >= 11 is 0. The number of nitrogens with two attached hydrogens (primary N) is 1. The molecule has 0 aliphatic rings. The third-order valence-electron chi connectivity index (χ3n) is 4.87. The fourth-order valence-corrected chi connectivity index (χ4v) is 3.37. The van der Waals surface area contributed by atoms with Gasteiger partial charge in [-0.15, -0.1) is 0 Å². The van der Waals surface area contributed by atoms with Gasteiger partial charge >= 0.3 is 0 Å². The smallest absolute Gasteiger partial charge is 0.274 e. The highest BCUT2D eigenvalue weighted by molar-refractivity contribution is 6.02. The number of nitrogens with one attached hydrogen (secondary N) is 1. The highest BCUT2D eigenvalue weighted by atomic mass is 16.5. The lowest BCUT2D eigenvalue weighted by Gasteiger charge is -2.24. The largest absolute Gasteiger partial charge is 0.377 e. The van der Waals surface area contributed by atoms with Crippen molar-refractivity contribution in [3.8, 4) is 11.1 Å². The summed E-state index contributed by atoms with van der Waals surface area (Å²) in [6.45, 7) is 2.95. The molecule has 3 aromatic rings. The maximum absolute atomic E-state index is 12.8. The van der Waals surface area contributed by atoms with E-state index in [1.54, 1.807) is 34.6 Å². The topological polar surface area (TPSA) is 105 Å². The van der Waals surface area contributed by atoms with E-state index in [-0.39, 0.29) is 12.5 Å². The fraction of sp³-hybridized carbons (Fsp3) is 0.200. The predicted molar refractivity (Wildman–Crippen MR) is 124 cm³/mol. The molecule has 166 valence electrons. The molecule has 0 fully saturated rings. The van der Waals surface area contributed by atoms with Gasteiger partial charge in [0.05, 0.1) is 13.2 Å². The maximum Gasteiger partial charge on any atom is 0.274 e. The van der Waals surface area contributed by atoms with Crippen LogP contribution in [0, 0.1) is 0 Å². The molecule has 0 heterocycles. The monoisotopic (exact) mass is 433 g/mol. The number of carbonyl (C=O) groups excluding carboxylic acids is 2. The summed E-state index contributed by atoms with van der Waals surface area (Å²) in [4.78, 5) is 26.0. The van der Waals surface area contributed by atoms with E-state index in [1.165, 1.54) is 0 Å². The minimum atomic E-state index is -0.581. The van der Waals surface area contributed by atoms with E-state index in [1.807, 2.05) is 55.5 Å². The summed E-state index contributed by atoms with van der Waals surface area (Å²) in [7, 11) is 0. The standard InChI is InChI=1S/C25H27N3O4/c1-2-12-32-17-18-13-21(19-8-10-20(11-9-19)25(30)27-31)15-23(14-18)28(24(29)16-26)22-6-4-3-5-7-22/h3-11,13-15,31H,2,12,16-17,26H2,1H3,(H,27,30). The Hall–Kier alpha value is -3.52. The first-order chi connectivity index (χ1) is 15.6. The van der Waals surface area contributed by atoms with Crippen molar-refractivity contribution in [2.45, 2.75) is 20.0 Å². The molecule has 0 atom stereocenters. The summed E-state index contributed by atoms with van der Waals surface area (Å²) in [6, 6.07) is 22.0. The van der Waals surface area contributed by atoms with E-state index in [0.29, 0.717) is 24.5 Å². The van der Waals surface area contributed by atoms with Crippen LogP contribution in [0.5, 0.6) is 0 Å². The van der Waals surface area contributed by atoms with Crippen molar-refractivity contribution in [2.75, 3.05) is 18.1 Å². The number of hydrogen-bond acceptors (Lipinski definition) is 5. The number of amides is 2. The number of nitrogens with zero attached hydrogens (tertiary/aromatic N) is 1. The van der Waals surface area contributed by atoms with E-state index in [9.17, 15) is 9.59 Å². The van der Waals surface area contributed by atoms with Crippen molar-refractivity contribution in [1.82, 2.24) is 5.48 Å². The average molecular weight is 434 g/mol. The van der Waals surface area contributed by atoms with E-state index in [0.717, 1.165) is 28.8 Å². The zero-order valence-corrected chi connectivity index (χ0v) is 18.0. The molecule has 0 bridgehead atoms. The van der Waals surface area contributed by atoms with Crippen molar-refractivity contribution in [3.63, 3.8) is 0 Å². The molecular formula is C25H27N3O4. The minimum Gasteiger partial charge on any atom is -0.377 e. The van der Waals surface area contributed by atoms with Crippen LogP contribution in [-0.4, -0.2) is 30.2 Å². The van der Waals surface area contributed by atoms with Crippen molar-refractivity contribution in [1.29, 1.82) is 0 Å². The highest BCUT2D eigenvalue weighted by Gasteiger charge is 2.18. The van der Waals surface area contributed by atoms with Crippen LogP contribution in [0.2, 0.25) is 0 Å². The van der Waals surface area contributed by atoms with Gasteiger partial charge in [0.15, 0.2) is 0 Å². The van der Waals surface area contributed by atoms with Crippen molar-refractivity contribution in [3.05, 3.63) is 83.9 Å². The molecule has 2 amide bonds. The van der Waals surface area contributed by atoms with Gasteiger partial charge in [-0.1, -0.05) is 37.3 Å². The zero-order valence-electron chi connectivity index (χ0n) is 18.0. The van der Waals surface area contributed by atoms with Crippen LogP contribution < -0.4 is 16.1 Å². The molecule has 3 rings (SSSR count). The van der Waals surface area contributed by atoms with Crippen molar-refractivity contribution >= 4 is 23.2 Å².